The van der Waals surface area contributed by atoms with Crippen LogP contribution in [0.3, 0.4) is 0 Å². The molecule has 1 amide bonds. The van der Waals surface area contributed by atoms with Gasteiger partial charge >= 0.3 is 0 Å². The molecule has 5 heteroatoms. The molecule has 2 aromatic rings. The lowest BCUT2D eigenvalue weighted by atomic mass is 10.2. The number of rotatable bonds is 1. The molecule has 0 spiro atoms. The molecule has 0 fully saturated rings. The summed E-state index contributed by atoms with van der Waals surface area (Å²) in [5.74, 6) is 0.0732. The maximum atomic E-state index is 12.1. The molecule has 17 heavy (non-hydrogen) atoms. The number of aromatic nitrogens is 3. The fraction of sp³-hybridized carbons (Fsp3) is 0.250. The van der Waals surface area contributed by atoms with Gasteiger partial charge in [0.15, 0.2) is 0 Å². The Hall–Kier alpha value is -2.17. The van der Waals surface area contributed by atoms with Gasteiger partial charge in [0, 0.05) is 19.4 Å². The Morgan fingerprint density at radius 1 is 1.35 bits per heavy atom. The van der Waals surface area contributed by atoms with Gasteiger partial charge in [-0.15, -0.1) is 0 Å². The zero-order valence-corrected chi connectivity index (χ0v) is 9.71. The van der Waals surface area contributed by atoms with Crippen molar-refractivity contribution in [1.29, 1.82) is 0 Å². The molecular weight excluding hydrogens is 216 g/mol. The van der Waals surface area contributed by atoms with Crippen molar-refractivity contribution in [2.75, 3.05) is 4.90 Å². The van der Waals surface area contributed by atoms with Crippen molar-refractivity contribution < 1.29 is 4.79 Å². The SMILES string of the molecule is Cc1nn(C)cc1N1C(=O)Cc2ccncc21. The van der Waals surface area contributed by atoms with Gasteiger partial charge < -0.3 is 0 Å². The summed E-state index contributed by atoms with van der Waals surface area (Å²) in [6.07, 6.45) is 5.74. The van der Waals surface area contributed by atoms with Crippen molar-refractivity contribution in [3.8, 4) is 0 Å². The van der Waals surface area contributed by atoms with Crippen molar-refractivity contribution in [2.45, 2.75) is 13.3 Å². The zero-order chi connectivity index (χ0) is 12.0. The molecule has 0 aliphatic carbocycles. The fourth-order valence-corrected chi connectivity index (χ4v) is 2.21. The highest BCUT2D eigenvalue weighted by atomic mass is 16.2. The Morgan fingerprint density at radius 3 is 2.88 bits per heavy atom. The fourth-order valence-electron chi connectivity index (χ4n) is 2.21. The molecule has 3 heterocycles. The quantitative estimate of drug-likeness (QED) is 0.740. The number of hydrogen-bond donors (Lipinski definition) is 0. The summed E-state index contributed by atoms with van der Waals surface area (Å²) in [5, 5.41) is 4.27. The van der Waals surface area contributed by atoms with E-state index in [0.29, 0.717) is 6.42 Å². The molecule has 0 unspecified atom stereocenters. The molecule has 0 saturated carbocycles. The normalized spacial score (nSPS) is 14.2. The van der Waals surface area contributed by atoms with Gasteiger partial charge in [-0.25, -0.2) is 0 Å². The average Bonchev–Trinajstić information content (AvgIpc) is 2.77. The molecular formula is C12H12N4O. The summed E-state index contributed by atoms with van der Waals surface area (Å²) in [4.78, 5) is 17.8. The highest BCUT2D eigenvalue weighted by Gasteiger charge is 2.30. The second kappa shape index (κ2) is 3.41. The summed E-state index contributed by atoms with van der Waals surface area (Å²) >= 11 is 0. The van der Waals surface area contributed by atoms with Crippen molar-refractivity contribution in [3.05, 3.63) is 35.9 Å². The van der Waals surface area contributed by atoms with E-state index in [1.807, 2.05) is 26.2 Å². The topological polar surface area (TPSA) is 51.0 Å². The molecule has 0 bridgehead atoms. The van der Waals surface area contributed by atoms with E-state index in [9.17, 15) is 4.79 Å². The van der Waals surface area contributed by atoms with Gasteiger partial charge in [0.1, 0.15) is 0 Å². The van der Waals surface area contributed by atoms with Crippen LogP contribution < -0.4 is 4.90 Å². The minimum Gasteiger partial charge on any atom is -0.275 e. The monoisotopic (exact) mass is 228 g/mol. The van der Waals surface area contributed by atoms with Crippen LogP contribution in [-0.2, 0) is 18.3 Å². The number of carbonyl (C=O) groups is 1. The van der Waals surface area contributed by atoms with Gasteiger partial charge in [0.2, 0.25) is 5.91 Å². The first-order chi connectivity index (χ1) is 8.16. The van der Waals surface area contributed by atoms with Gasteiger partial charge in [-0.1, -0.05) is 0 Å². The Balaban J connectivity index is 2.16. The van der Waals surface area contributed by atoms with Crippen molar-refractivity contribution >= 4 is 17.3 Å². The lowest BCUT2D eigenvalue weighted by Crippen LogP contribution is -2.21. The Morgan fingerprint density at radius 2 is 2.18 bits per heavy atom. The van der Waals surface area contributed by atoms with E-state index in [2.05, 4.69) is 10.1 Å². The Labute approximate surface area is 98.7 Å². The van der Waals surface area contributed by atoms with Crippen LogP contribution in [0.15, 0.2) is 24.7 Å². The molecule has 0 N–H and O–H groups in total. The summed E-state index contributed by atoms with van der Waals surface area (Å²) in [7, 11) is 1.85. The number of anilines is 2. The van der Waals surface area contributed by atoms with Crippen LogP contribution in [0.4, 0.5) is 11.4 Å². The molecule has 86 valence electrons. The maximum absolute atomic E-state index is 12.1. The van der Waals surface area contributed by atoms with Crippen molar-refractivity contribution in [3.63, 3.8) is 0 Å². The van der Waals surface area contributed by atoms with E-state index in [1.54, 1.807) is 22.0 Å². The van der Waals surface area contributed by atoms with Crippen LogP contribution >= 0.6 is 0 Å². The van der Waals surface area contributed by atoms with Crippen LogP contribution in [0.2, 0.25) is 0 Å². The summed E-state index contributed by atoms with van der Waals surface area (Å²) < 4.78 is 1.71. The predicted octanol–water partition coefficient (Wildman–Crippen LogP) is 1.34. The third-order valence-electron chi connectivity index (χ3n) is 2.95. The number of fused-ring (bicyclic) bond motifs is 1. The minimum absolute atomic E-state index is 0.0732. The van der Waals surface area contributed by atoms with Gasteiger partial charge in [-0.3, -0.25) is 19.4 Å². The van der Waals surface area contributed by atoms with Gasteiger partial charge in [-0.05, 0) is 18.6 Å². The second-order valence-electron chi connectivity index (χ2n) is 4.18. The summed E-state index contributed by atoms with van der Waals surface area (Å²) in [6.45, 7) is 1.90. The lowest BCUT2D eigenvalue weighted by molar-refractivity contribution is -0.116. The first-order valence-corrected chi connectivity index (χ1v) is 5.43. The lowest BCUT2D eigenvalue weighted by Gasteiger charge is -2.15. The Bertz CT molecular complexity index is 602. The largest absolute Gasteiger partial charge is 0.275 e. The van der Waals surface area contributed by atoms with Gasteiger partial charge in [0.25, 0.3) is 0 Å². The van der Waals surface area contributed by atoms with E-state index < -0.39 is 0 Å². The van der Waals surface area contributed by atoms with E-state index >= 15 is 0 Å². The molecule has 0 saturated heterocycles. The molecule has 0 aromatic carbocycles. The average molecular weight is 228 g/mol. The molecule has 0 atom stereocenters. The highest BCUT2D eigenvalue weighted by Crippen LogP contribution is 2.35. The first kappa shape index (κ1) is 10.0. The highest BCUT2D eigenvalue weighted by molar-refractivity contribution is 6.07. The molecule has 0 radical (unpaired) electrons. The number of hydrogen-bond acceptors (Lipinski definition) is 3. The van der Waals surface area contributed by atoms with Crippen LogP contribution in [0, 0.1) is 6.92 Å². The number of aryl methyl sites for hydroxylation is 2. The standard InChI is InChI=1S/C12H12N4O/c1-8-11(7-15(2)14-8)16-10-6-13-4-3-9(10)5-12(16)17/h3-4,6-7H,5H2,1-2H3. The summed E-state index contributed by atoms with van der Waals surface area (Å²) in [5.41, 5.74) is 3.57. The maximum Gasteiger partial charge on any atom is 0.236 e. The van der Waals surface area contributed by atoms with Crippen molar-refractivity contribution in [2.24, 2.45) is 7.05 Å². The molecule has 5 nitrogen and oxygen atoms in total. The number of nitrogens with zero attached hydrogens (tertiary/aromatic N) is 4. The van der Waals surface area contributed by atoms with E-state index in [1.165, 1.54) is 0 Å². The minimum atomic E-state index is 0.0732. The number of amides is 1. The first-order valence-electron chi connectivity index (χ1n) is 5.43. The van der Waals surface area contributed by atoms with Crippen LogP contribution in [-0.4, -0.2) is 20.7 Å². The van der Waals surface area contributed by atoms with E-state index in [0.717, 1.165) is 22.6 Å². The molecule has 3 rings (SSSR count). The third-order valence-corrected chi connectivity index (χ3v) is 2.95. The smallest absolute Gasteiger partial charge is 0.236 e. The second-order valence-corrected chi connectivity index (χ2v) is 4.18. The molecule has 1 aliphatic heterocycles. The number of pyridine rings is 1. The predicted molar refractivity (Wildman–Crippen MR) is 63.0 cm³/mol. The van der Waals surface area contributed by atoms with Crippen LogP contribution in [0.5, 0.6) is 0 Å². The zero-order valence-electron chi connectivity index (χ0n) is 9.71. The van der Waals surface area contributed by atoms with Gasteiger partial charge in [-0.2, -0.15) is 5.10 Å². The van der Waals surface area contributed by atoms with Crippen molar-refractivity contribution in [1.82, 2.24) is 14.8 Å². The Kier molecular flexibility index (Phi) is 2.01. The molecule has 1 aliphatic rings. The number of carbonyl (C=O) groups excluding carboxylic acids is 1. The van der Waals surface area contributed by atoms with Crippen LogP contribution in [0.1, 0.15) is 11.3 Å². The molecule has 2 aromatic heterocycles. The summed E-state index contributed by atoms with van der Waals surface area (Å²) in [6, 6.07) is 1.89. The van der Waals surface area contributed by atoms with Crippen LogP contribution in [0.25, 0.3) is 0 Å². The van der Waals surface area contributed by atoms with E-state index in [-0.39, 0.29) is 5.91 Å². The third kappa shape index (κ3) is 1.43. The van der Waals surface area contributed by atoms with E-state index in [4.69, 9.17) is 0 Å². The van der Waals surface area contributed by atoms with Gasteiger partial charge in [0.05, 0.1) is 29.7 Å².